The average molecular weight is 221 g/mol. The fraction of sp³-hybridized carbons (Fsp3) is 0.400. The van der Waals surface area contributed by atoms with E-state index in [4.69, 9.17) is 16.7 Å². The Balaban J connectivity index is 2.75. The zero-order valence-electron chi connectivity index (χ0n) is 7.67. The topological polar surface area (TPSA) is 20.2 Å². The Morgan fingerprint density at radius 1 is 1.43 bits per heavy atom. The lowest BCUT2D eigenvalue weighted by Gasteiger charge is -2.16. The first-order valence-electron chi connectivity index (χ1n) is 4.20. The predicted octanol–water partition coefficient (Wildman–Crippen LogP) is 2.73. The van der Waals surface area contributed by atoms with E-state index in [9.17, 15) is 8.78 Å². The molecule has 1 nitrogen and oxygen atoms in total. The van der Waals surface area contributed by atoms with Crippen molar-refractivity contribution in [2.45, 2.75) is 24.8 Å². The molecule has 1 unspecified atom stereocenters. The van der Waals surface area contributed by atoms with E-state index in [2.05, 4.69) is 0 Å². The minimum atomic E-state index is -3.57. The van der Waals surface area contributed by atoms with Gasteiger partial charge in [0.2, 0.25) is 0 Å². The Morgan fingerprint density at radius 3 is 2.50 bits per heavy atom. The van der Waals surface area contributed by atoms with Gasteiger partial charge >= 0.3 is 5.38 Å². The fourth-order valence-electron chi connectivity index (χ4n) is 1.16. The summed E-state index contributed by atoms with van der Waals surface area (Å²) in [5.74, 6) is 0. The van der Waals surface area contributed by atoms with Gasteiger partial charge in [-0.2, -0.15) is 8.78 Å². The van der Waals surface area contributed by atoms with E-state index in [0.717, 1.165) is 5.56 Å². The summed E-state index contributed by atoms with van der Waals surface area (Å²) in [4.78, 5) is 0. The monoisotopic (exact) mass is 220 g/mol. The lowest BCUT2D eigenvalue weighted by atomic mass is 10.0. The van der Waals surface area contributed by atoms with Crippen molar-refractivity contribution < 1.29 is 13.9 Å². The van der Waals surface area contributed by atoms with Crippen molar-refractivity contribution >= 4 is 11.6 Å². The number of aliphatic hydroxyl groups excluding tert-OH is 1. The van der Waals surface area contributed by atoms with E-state index in [1.165, 1.54) is 0 Å². The zero-order chi connectivity index (χ0) is 10.8. The Hall–Kier alpha value is -0.670. The number of benzene rings is 1. The van der Waals surface area contributed by atoms with Crippen molar-refractivity contribution in [3.8, 4) is 0 Å². The average Bonchev–Trinajstić information content (AvgIpc) is 2.07. The maximum Gasteiger partial charge on any atom is 0.347 e. The van der Waals surface area contributed by atoms with Crippen LogP contribution in [0.2, 0.25) is 0 Å². The molecule has 0 aromatic heterocycles. The minimum absolute atomic E-state index is 0.136. The number of alkyl halides is 3. The first-order chi connectivity index (χ1) is 6.41. The molecule has 0 aliphatic rings. The molecule has 0 saturated heterocycles. The fourth-order valence-corrected chi connectivity index (χ4v) is 1.24. The molecule has 0 fully saturated rings. The molecule has 0 bridgehead atoms. The van der Waals surface area contributed by atoms with Crippen LogP contribution in [0.25, 0.3) is 0 Å². The molecule has 0 spiro atoms. The van der Waals surface area contributed by atoms with Crippen LogP contribution in [-0.2, 0) is 6.42 Å². The maximum absolute atomic E-state index is 12.4. The number of aryl methyl sites for hydroxylation is 1. The van der Waals surface area contributed by atoms with E-state index in [1.54, 1.807) is 25.1 Å². The number of halogens is 3. The summed E-state index contributed by atoms with van der Waals surface area (Å²) in [6.07, 6.45) is -1.98. The van der Waals surface area contributed by atoms with E-state index in [0.29, 0.717) is 5.56 Å². The highest BCUT2D eigenvalue weighted by molar-refractivity contribution is 6.22. The van der Waals surface area contributed by atoms with Gasteiger partial charge in [0.15, 0.2) is 0 Å². The van der Waals surface area contributed by atoms with Crippen LogP contribution in [0.3, 0.4) is 0 Å². The van der Waals surface area contributed by atoms with Crippen molar-refractivity contribution in [2.75, 3.05) is 0 Å². The predicted molar refractivity (Wildman–Crippen MR) is 51.7 cm³/mol. The van der Waals surface area contributed by atoms with Crippen LogP contribution >= 0.6 is 11.6 Å². The summed E-state index contributed by atoms with van der Waals surface area (Å²) in [5, 5.41) is 5.51. The third kappa shape index (κ3) is 2.93. The standard InChI is InChI=1S/C10H11ClF2O/c1-7-4-2-3-5-8(7)6-9(14)10(11,12)13/h2-5,9,14H,6H2,1H3. The Kier molecular flexibility index (Phi) is 3.45. The smallest absolute Gasteiger partial charge is 0.347 e. The summed E-state index contributed by atoms with van der Waals surface area (Å²) in [6, 6.07) is 7.04. The van der Waals surface area contributed by atoms with Crippen LogP contribution in [-0.4, -0.2) is 16.6 Å². The maximum atomic E-state index is 12.4. The van der Waals surface area contributed by atoms with Crippen LogP contribution in [0, 0.1) is 6.92 Å². The van der Waals surface area contributed by atoms with Crippen LogP contribution in [0.15, 0.2) is 24.3 Å². The van der Waals surface area contributed by atoms with Crippen LogP contribution < -0.4 is 0 Å². The van der Waals surface area contributed by atoms with Gasteiger partial charge in [-0.15, -0.1) is 0 Å². The van der Waals surface area contributed by atoms with Crippen LogP contribution in [0.4, 0.5) is 8.78 Å². The summed E-state index contributed by atoms with van der Waals surface area (Å²) in [6.45, 7) is 1.80. The van der Waals surface area contributed by atoms with Gasteiger partial charge in [0.05, 0.1) is 0 Å². The van der Waals surface area contributed by atoms with E-state index < -0.39 is 11.5 Å². The summed E-state index contributed by atoms with van der Waals surface area (Å²) in [7, 11) is 0. The molecule has 78 valence electrons. The normalized spacial score (nSPS) is 14.1. The van der Waals surface area contributed by atoms with Gasteiger partial charge in [-0.05, 0) is 29.7 Å². The molecule has 1 aromatic rings. The highest BCUT2D eigenvalue weighted by Crippen LogP contribution is 2.26. The van der Waals surface area contributed by atoms with Gasteiger partial charge in [-0.3, -0.25) is 0 Å². The van der Waals surface area contributed by atoms with Crippen molar-refractivity contribution in [3.05, 3.63) is 35.4 Å². The molecule has 0 aliphatic heterocycles. The van der Waals surface area contributed by atoms with Crippen LogP contribution in [0.5, 0.6) is 0 Å². The first kappa shape index (κ1) is 11.4. The van der Waals surface area contributed by atoms with Crippen molar-refractivity contribution in [3.63, 3.8) is 0 Å². The lowest BCUT2D eigenvalue weighted by molar-refractivity contribution is -0.0398. The molecule has 14 heavy (non-hydrogen) atoms. The molecule has 0 radical (unpaired) electrons. The molecule has 1 N–H and O–H groups in total. The molecular weight excluding hydrogens is 210 g/mol. The first-order valence-corrected chi connectivity index (χ1v) is 4.58. The second kappa shape index (κ2) is 4.24. The molecule has 4 heteroatoms. The molecule has 0 amide bonds. The van der Waals surface area contributed by atoms with Crippen molar-refractivity contribution in [2.24, 2.45) is 0 Å². The van der Waals surface area contributed by atoms with Crippen molar-refractivity contribution in [1.82, 2.24) is 0 Å². The van der Waals surface area contributed by atoms with Crippen molar-refractivity contribution in [1.29, 1.82) is 0 Å². The van der Waals surface area contributed by atoms with E-state index in [1.807, 2.05) is 6.07 Å². The number of rotatable bonds is 3. The van der Waals surface area contributed by atoms with Crippen LogP contribution in [0.1, 0.15) is 11.1 Å². The van der Waals surface area contributed by atoms with Gasteiger partial charge in [-0.1, -0.05) is 24.3 Å². The van der Waals surface area contributed by atoms with Gasteiger partial charge in [0.25, 0.3) is 0 Å². The number of hydrogen-bond acceptors (Lipinski definition) is 1. The summed E-state index contributed by atoms with van der Waals surface area (Å²) in [5.41, 5.74) is 1.55. The number of aliphatic hydroxyl groups is 1. The van der Waals surface area contributed by atoms with Gasteiger partial charge < -0.3 is 5.11 Å². The Bertz CT molecular complexity index is 309. The minimum Gasteiger partial charge on any atom is -0.385 e. The lowest BCUT2D eigenvalue weighted by Crippen LogP contribution is -2.29. The SMILES string of the molecule is Cc1ccccc1CC(O)C(F)(F)Cl. The van der Waals surface area contributed by atoms with Gasteiger partial charge in [0.1, 0.15) is 6.10 Å². The number of hydrogen-bond donors (Lipinski definition) is 1. The summed E-state index contributed by atoms with van der Waals surface area (Å²) >= 11 is 4.70. The van der Waals surface area contributed by atoms with Gasteiger partial charge in [-0.25, -0.2) is 0 Å². The largest absolute Gasteiger partial charge is 0.385 e. The summed E-state index contributed by atoms with van der Waals surface area (Å²) < 4.78 is 24.9. The molecule has 0 saturated carbocycles. The highest BCUT2D eigenvalue weighted by atomic mass is 35.5. The Labute approximate surface area is 86.3 Å². The second-order valence-corrected chi connectivity index (χ2v) is 3.69. The molecular formula is C10H11ClF2O. The Morgan fingerprint density at radius 2 is 2.00 bits per heavy atom. The molecule has 1 aromatic carbocycles. The third-order valence-corrected chi connectivity index (χ3v) is 2.30. The second-order valence-electron chi connectivity index (χ2n) is 3.19. The third-order valence-electron chi connectivity index (χ3n) is 2.05. The quantitative estimate of drug-likeness (QED) is 0.777. The van der Waals surface area contributed by atoms with Gasteiger partial charge in [0, 0.05) is 6.42 Å². The molecule has 1 rings (SSSR count). The zero-order valence-corrected chi connectivity index (χ0v) is 8.43. The molecule has 0 heterocycles. The van der Waals surface area contributed by atoms with E-state index >= 15 is 0 Å². The molecule has 1 atom stereocenters. The highest BCUT2D eigenvalue weighted by Gasteiger charge is 2.35. The van der Waals surface area contributed by atoms with E-state index in [-0.39, 0.29) is 6.42 Å². The molecule has 0 aliphatic carbocycles.